The minimum Gasteiger partial charge on any atom is -0.392 e. The van der Waals surface area contributed by atoms with Gasteiger partial charge in [-0.25, -0.2) is 9.67 Å². The highest BCUT2D eigenvalue weighted by Gasteiger charge is 2.07. The molecular weight excluding hydrogens is 226 g/mol. The average molecular weight is 245 g/mol. The van der Waals surface area contributed by atoms with Crippen LogP contribution in [0.3, 0.4) is 0 Å². The third kappa shape index (κ3) is 2.76. The molecule has 2 aromatic rings. The molecule has 0 aliphatic carbocycles. The largest absolute Gasteiger partial charge is 0.392 e. The van der Waals surface area contributed by atoms with E-state index in [1.54, 1.807) is 0 Å². The Labute approximate surface area is 107 Å². The maximum Gasteiger partial charge on any atom is 0.150 e. The number of hydrogen-bond acceptors (Lipinski definition) is 3. The number of hydrogen-bond donors (Lipinski definition) is 1. The minimum absolute atomic E-state index is 0.0871. The van der Waals surface area contributed by atoms with Crippen molar-refractivity contribution >= 4 is 0 Å². The quantitative estimate of drug-likeness (QED) is 0.876. The molecule has 0 saturated carbocycles. The van der Waals surface area contributed by atoms with Gasteiger partial charge in [0.15, 0.2) is 5.82 Å². The zero-order chi connectivity index (χ0) is 13.0. The topological polar surface area (TPSA) is 50.9 Å². The third-order valence-electron chi connectivity index (χ3n) is 2.96. The van der Waals surface area contributed by atoms with Gasteiger partial charge in [-0.05, 0) is 11.1 Å². The SMILES string of the molecule is CCc1nc(CC)n(Cc2ccc(CO)cc2)n1. The van der Waals surface area contributed by atoms with Crippen LogP contribution in [0, 0.1) is 0 Å². The molecule has 96 valence electrons. The fourth-order valence-electron chi connectivity index (χ4n) is 1.89. The molecule has 0 fully saturated rings. The molecule has 1 aromatic heterocycles. The fraction of sp³-hybridized carbons (Fsp3) is 0.429. The van der Waals surface area contributed by atoms with E-state index in [-0.39, 0.29) is 6.61 Å². The molecule has 1 aromatic carbocycles. The van der Waals surface area contributed by atoms with Gasteiger partial charge in [0.2, 0.25) is 0 Å². The second-order valence-corrected chi connectivity index (χ2v) is 4.28. The Morgan fingerprint density at radius 2 is 1.72 bits per heavy atom. The molecule has 4 heteroatoms. The molecule has 1 N–H and O–H groups in total. The number of nitrogens with zero attached hydrogens (tertiary/aromatic N) is 3. The minimum atomic E-state index is 0.0871. The highest BCUT2D eigenvalue weighted by atomic mass is 16.3. The van der Waals surface area contributed by atoms with Gasteiger partial charge in [-0.3, -0.25) is 0 Å². The highest BCUT2D eigenvalue weighted by Crippen LogP contribution is 2.08. The van der Waals surface area contributed by atoms with Gasteiger partial charge in [-0.2, -0.15) is 5.10 Å². The summed E-state index contributed by atoms with van der Waals surface area (Å²) < 4.78 is 1.97. The van der Waals surface area contributed by atoms with Gasteiger partial charge in [-0.1, -0.05) is 38.1 Å². The lowest BCUT2D eigenvalue weighted by molar-refractivity contribution is 0.282. The number of benzene rings is 1. The van der Waals surface area contributed by atoms with E-state index in [1.165, 1.54) is 5.56 Å². The number of rotatable bonds is 5. The molecule has 0 amide bonds. The lowest BCUT2D eigenvalue weighted by atomic mass is 10.1. The number of aromatic nitrogens is 3. The van der Waals surface area contributed by atoms with Gasteiger partial charge < -0.3 is 5.11 Å². The van der Waals surface area contributed by atoms with E-state index < -0.39 is 0 Å². The maximum absolute atomic E-state index is 9.01. The molecule has 4 nitrogen and oxygen atoms in total. The van der Waals surface area contributed by atoms with Crippen LogP contribution in [0.15, 0.2) is 24.3 Å². The summed E-state index contributed by atoms with van der Waals surface area (Å²) in [6.07, 6.45) is 1.76. The van der Waals surface area contributed by atoms with E-state index in [9.17, 15) is 0 Å². The van der Waals surface area contributed by atoms with Crippen molar-refractivity contribution in [1.82, 2.24) is 14.8 Å². The van der Waals surface area contributed by atoms with Crippen molar-refractivity contribution in [3.05, 3.63) is 47.0 Å². The Morgan fingerprint density at radius 3 is 2.28 bits per heavy atom. The van der Waals surface area contributed by atoms with Crippen molar-refractivity contribution in [3.63, 3.8) is 0 Å². The average Bonchev–Trinajstić information content (AvgIpc) is 2.82. The first-order valence-electron chi connectivity index (χ1n) is 6.38. The van der Waals surface area contributed by atoms with E-state index in [1.807, 2.05) is 28.9 Å². The Balaban J connectivity index is 2.18. The predicted molar refractivity (Wildman–Crippen MR) is 70.2 cm³/mol. The zero-order valence-corrected chi connectivity index (χ0v) is 10.9. The molecule has 1 heterocycles. The van der Waals surface area contributed by atoms with Crippen LogP contribution in [0.1, 0.15) is 36.6 Å². The summed E-state index contributed by atoms with van der Waals surface area (Å²) >= 11 is 0. The lowest BCUT2D eigenvalue weighted by Gasteiger charge is -2.05. The van der Waals surface area contributed by atoms with Crippen LogP contribution < -0.4 is 0 Å². The van der Waals surface area contributed by atoms with Gasteiger partial charge in [-0.15, -0.1) is 0 Å². The van der Waals surface area contributed by atoms with Gasteiger partial charge in [0.05, 0.1) is 13.2 Å². The molecular formula is C14H19N3O. The summed E-state index contributed by atoms with van der Waals surface area (Å²) in [4.78, 5) is 4.49. The highest BCUT2D eigenvalue weighted by molar-refractivity contribution is 5.22. The molecule has 2 rings (SSSR count). The van der Waals surface area contributed by atoms with Crippen LogP contribution in [0.5, 0.6) is 0 Å². The zero-order valence-electron chi connectivity index (χ0n) is 10.9. The van der Waals surface area contributed by atoms with Crippen molar-refractivity contribution in [1.29, 1.82) is 0 Å². The Kier molecular flexibility index (Phi) is 4.10. The standard InChI is InChI=1S/C14H19N3O/c1-3-13-15-14(4-2)17(16-13)9-11-5-7-12(10-18)8-6-11/h5-8,18H,3-4,9-10H2,1-2H3. The van der Waals surface area contributed by atoms with Crippen LogP contribution in [0.2, 0.25) is 0 Å². The van der Waals surface area contributed by atoms with E-state index in [2.05, 4.69) is 23.9 Å². The fourth-order valence-corrected chi connectivity index (χ4v) is 1.89. The maximum atomic E-state index is 9.01. The van der Waals surface area contributed by atoms with Gasteiger partial charge in [0.25, 0.3) is 0 Å². The second kappa shape index (κ2) is 5.78. The van der Waals surface area contributed by atoms with Crippen molar-refractivity contribution < 1.29 is 5.11 Å². The van der Waals surface area contributed by atoms with Crippen molar-refractivity contribution in [3.8, 4) is 0 Å². The van der Waals surface area contributed by atoms with Crippen LogP contribution >= 0.6 is 0 Å². The molecule has 0 radical (unpaired) electrons. The smallest absolute Gasteiger partial charge is 0.150 e. The second-order valence-electron chi connectivity index (χ2n) is 4.28. The molecule has 18 heavy (non-hydrogen) atoms. The van der Waals surface area contributed by atoms with Gasteiger partial charge in [0, 0.05) is 12.8 Å². The van der Waals surface area contributed by atoms with Crippen LogP contribution in [-0.2, 0) is 26.0 Å². The first-order valence-corrected chi connectivity index (χ1v) is 6.38. The van der Waals surface area contributed by atoms with Crippen molar-refractivity contribution in [2.24, 2.45) is 0 Å². The molecule has 0 bridgehead atoms. The number of aryl methyl sites for hydroxylation is 2. The Hall–Kier alpha value is -1.68. The molecule has 0 unspecified atom stereocenters. The molecule has 0 spiro atoms. The first kappa shape index (κ1) is 12.8. The van der Waals surface area contributed by atoms with Gasteiger partial charge >= 0.3 is 0 Å². The van der Waals surface area contributed by atoms with Crippen LogP contribution in [0.25, 0.3) is 0 Å². The van der Waals surface area contributed by atoms with E-state index in [4.69, 9.17) is 5.11 Å². The van der Waals surface area contributed by atoms with Gasteiger partial charge in [0.1, 0.15) is 5.82 Å². The summed E-state index contributed by atoms with van der Waals surface area (Å²) in [5.41, 5.74) is 2.11. The third-order valence-corrected chi connectivity index (χ3v) is 2.96. The van der Waals surface area contributed by atoms with Crippen LogP contribution in [-0.4, -0.2) is 19.9 Å². The van der Waals surface area contributed by atoms with Crippen molar-refractivity contribution in [2.45, 2.75) is 39.8 Å². The predicted octanol–water partition coefficient (Wildman–Crippen LogP) is 1.94. The normalized spacial score (nSPS) is 10.8. The monoisotopic (exact) mass is 245 g/mol. The van der Waals surface area contributed by atoms with E-state index in [0.717, 1.165) is 36.6 Å². The molecule has 0 aliphatic rings. The van der Waals surface area contributed by atoms with E-state index in [0.29, 0.717) is 0 Å². The number of aliphatic hydroxyl groups is 1. The van der Waals surface area contributed by atoms with E-state index >= 15 is 0 Å². The molecule has 0 saturated heterocycles. The Bertz CT molecular complexity index is 502. The molecule has 0 atom stereocenters. The summed E-state index contributed by atoms with van der Waals surface area (Å²) in [5, 5.41) is 13.5. The molecule has 0 aliphatic heterocycles. The number of aliphatic hydroxyl groups excluding tert-OH is 1. The first-order chi connectivity index (χ1) is 8.76. The van der Waals surface area contributed by atoms with Crippen molar-refractivity contribution in [2.75, 3.05) is 0 Å². The summed E-state index contributed by atoms with van der Waals surface area (Å²) in [7, 11) is 0. The Morgan fingerprint density at radius 1 is 1.06 bits per heavy atom. The van der Waals surface area contributed by atoms with Crippen LogP contribution in [0.4, 0.5) is 0 Å². The lowest BCUT2D eigenvalue weighted by Crippen LogP contribution is -2.06. The summed E-state index contributed by atoms with van der Waals surface area (Å²) in [5.74, 6) is 1.93. The summed E-state index contributed by atoms with van der Waals surface area (Å²) in [6, 6.07) is 7.94. The summed E-state index contributed by atoms with van der Waals surface area (Å²) in [6.45, 7) is 4.98.